The second-order valence-corrected chi connectivity index (χ2v) is 5.32. The Labute approximate surface area is 107 Å². The second kappa shape index (κ2) is 3.60. The smallest absolute Gasteiger partial charge is 0.0923 e. The Morgan fingerprint density at radius 3 is 2.94 bits per heavy atom. The van der Waals surface area contributed by atoms with Crippen LogP contribution < -0.4 is 5.73 Å². The van der Waals surface area contributed by atoms with E-state index < -0.39 is 0 Å². The predicted octanol–water partition coefficient (Wildman–Crippen LogP) is 3.72. The number of nitrogens with zero attached hydrogens (tertiary/aromatic N) is 1. The number of anilines is 1. The van der Waals surface area contributed by atoms with Gasteiger partial charge in [0, 0.05) is 21.2 Å². The third-order valence-corrected chi connectivity index (χ3v) is 4.07. The molecule has 0 spiro atoms. The predicted molar refractivity (Wildman–Crippen MR) is 70.9 cm³/mol. The van der Waals surface area contributed by atoms with E-state index in [1.165, 1.54) is 5.56 Å². The second-order valence-electron chi connectivity index (χ2n) is 4.06. The molecule has 0 aliphatic heterocycles. The lowest BCUT2D eigenvalue weighted by Gasteiger charge is -2.10. The molecule has 2 aromatic rings. The van der Waals surface area contributed by atoms with Gasteiger partial charge in [-0.1, -0.05) is 27.5 Å². The number of nitrogens with two attached hydrogens (primary N) is 1. The lowest BCUT2D eigenvalue weighted by Crippen LogP contribution is -1.99. The molecule has 2 nitrogen and oxygen atoms in total. The summed E-state index contributed by atoms with van der Waals surface area (Å²) in [7, 11) is 0. The zero-order valence-corrected chi connectivity index (χ0v) is 10.9. The molecule has 1 aromatic heterocycles. The zero-order valence-electron chi connectivity index (χ0n) is 8.56. The van der Waals surface area contributed by atoms with Crippen molar-refractivity contribution in [1.29, 1.82) is 0 Å². The number of aryl methyl sites for hydroxylation is 1. The van der Waals surface area contributed by atoms with E-state index in [9.17, 15) is 0 Å². The molecule has 0 bridgehead atoms. The van der Waals surface area contributed by atoms with Gasteiger partial charge < -0.3 is 5.73 Å². The summed E-state index contributed by atoms with van der Waals surface area (Å²) >= 11 is 9.68. The fourth-order valence-corrected chi connectivity index (χ4v) is 3.07. The van der Waals surface area contributed by atoms with E-state index in [1.807, 2.05) is 12.1 Å². The molecular weight excluding hydrogens is 288 g/mol. The van der Waals surface area contributed by atoms with Gasteiger partial charge in [-0.25, -0.2) is 0 Å². The van der Waals surface area contributed by atoms with Gasteiger partial charge in [0.15, 0.2) is 0 Å². The topological polar surface area (TPSA) is 38.9 Å². The monoisotopic (exact) mass is 296 g/mol. The van der Waals surface area contributed by atoms with E-state index in [2.05, 4.69) is 20.9 Å². The number of pyridine rings is 1. The minimum absolute atomic E-state index is 0.666. The SMILES string of the molecule is Nc1c2c(nc3c(Cl)ccc(Br)c13)CCC2. The molecule has 1 aromatic carbocycles. The van der Waals surface area contributed by atoms with E-state index in [4.69, 9.17) is 17.3 Å². The van der Waals surface area contributed by atoms with E-state index >= 15 is 0 Å². The molecule has 0 atom stereocenters. The van der Waals surface area contributed by atoms with Crippen molar-refractivity contribution in [3.8, 4) is 0 Å². The normalized spacial score (nSPS) is 14.4. The highest BCUT2D eigenvalue weighted by atomic mass is 79.9. The summed E-state index contributed by atoms with van der Waals surface area (Å²) in [6.45, 7) is 0. The van der Waals surface area contributed by atoms with Crippen LogP contribution in [0.5, 0.6) is 0 Å². The van der Waals surface area contributed by atoms with Gasteiger partial charge in [0.25, 0.3) is 0 Å². The molecule has 16 heavy (non-hydrogen) atoms. The number of rotatable bonds is 0. The van der Waals surface area contributed by atoms with Gasteiger partial charge in [0.2, 0.25) is 0 Å². The fraction of sp³-hybridized carbons (Fsp3) is 0.250. The first-order valence-corrected chi connectivity index (χ1v) is 6.40. The minimum Gasteiger partial charge on any atom is -0.398 e. The Hall–Kier alpha value is -0.800. The quantitative estimate of drug-likeness (QED) is 0.805. The van der Waals surface area contributed by atoms with Crippen molar-refractivity contribution < 1.29 is 0 Å². The third-order valence-electron chi connectivity index (χ3n) is 3.11. The standard InChI is InChI=1S/C12H10BrClN2/c13-7-4-5-8(14)12-10(7)11(15)6-2-1-3-9(6)16-12/h4-5H,1-3H2,(H2,15,16). The van der Waals surface area contributed by atoms with Crippen LogP contribution in [0.1, 0.15) is 17.7 Å². The highest BCUT2D eigenvalue weighted by Gasteiger charge is 2.20. The summed E-state index contributed by atoms with van der Waals surface area (Å²) in [4.78, 5) is 4.64. The number of hydrogen-bond acceptors (Lipinski definition) is 2. The summed E-state index contributed by atoms with van der Waals surface area (Å²) in [6, 6.07) is 3.77. The molecule has 1 aliphatic carbocycles. The molecule has 0 radical (unpaired) electrons. The Morgan fingerprint density at radius 1 is 1.31 bits per heavy atom. The van der Waals surface area contributed by atoms with Crippen molar-refractivity contribution >= 4 is 44.1 Å². The maximum absolute atomic E-state index is 6.21. The molecule has 2 N–H and O–H groups in total. The minimum atomic E-state index is 0.666. The van der Waals surface area contributed by atoms with E-state index in [0.29, 0.717) is 5.02 Å². The highest BCUT2D eigenvalue weighted by Crippen LogP contribution is 2.38. The summed E-state index contributed by atoms with van der Waals surface area (Å²) in [5.41, 5.74) is 10.2. The van der Waals surface area contributed by atoms with Crippen molar-refractivity contribution in [2.45, 2.75) is 19.3 Å². The number of benzene rings is 1. The Morgan fingerprint density at radius 2 is 2.12 bits per heavy atom. The largest absolute Gasteiger partial charge is 0.398 e. The Bertz CT molecular complexity index is 595. The molecular formula is C12H10BrClN2. The molecule has 1 heterocycles. The van der Waals surface area contributed by atoms with Crippen molar-refractivity contribution in [1.82, 2.24) is 4.98 Å². The van der Waals surface area contributed by atoms with Crippen LogP contribution in [0.25, 0.3) is 10.9 Å². The Balaban J connectivity index is 2.50. The maximum atomic E-state index is 6.21. The lowest BCUT2D eigenvalue weighted by molar-refractivity contribution is 0.901. The molecule has 82 valence electrons. The first-order valence-electron chi connectivity index (χ1n) is 5.23. The van der Waals surface area contributed by atoms with Gasteiger partial charge in [0.1, 0.15) is 0 Å². The molecule has 0 amide bonds. The molecule has 3 rings (SSSR count). The number of hydrogen-bond donors (Lipinski definition) is 1. The van der Waals surface area contributed by atoms with Crippen molar-refractivity contribution in [3.63, 3.8) is 0 Å². The molecule has 0 saturated carbocycles. The van der Waals surface area contributed by atoms with E-state index in [-0.39, 0.29) is 0 Å². The fourth-order valence-electron chi connectivity index (χ4n) is 2.33. The van der Waals surface area contributed by atoms with Gasteiger partial charge in [-0.15, -0.1) is 0 Å². The number of nitrogen functional groups attached to an aromatic ring is 1. The molecule has 4 heteroatoms. The van der Waals surface area contributed by atoms with Crippen LogP contribution in [-0.4, -0.2) is 4.98 Å². The summed E-state index contributed by atoms with van der Waals surface area (Å²) in [6.07, 6.45) is 3.18. The maximum Gasteiger partial charge on any atom is 0.0923 e. The third kappa shape index (κ3) is 1.35. The highest BCUT2D eigenvalue weighted by molar-refractivity contribution is 9.10. The van der Waals surface area contributed by atoms with Crippen LogP contribution in [0.15, 0.2) is 16.6 Å². The van der Waals surface area contributed by atoms with Crippen LogP contribution in [0, 0.1) is 0 Å². The number of fused-ring (bicyclic) bond motifs is 2. The van der Waals surface area contributed by atoms with Gasteiger partial charge in [-0.05, 0) is 37.0 Å². The van der Waals surface area contributed by atoms with E-state index in [1.54, 1.807) is 0 Å². The first-order chi connectivity index (χ1) is 7.68. The number of aromatic nitrogens is 1. The van der Waals surface area contributed by atoms with Crippen LogP contribution in [-0.2, 0) is 12.8 Å². The van der Waals surface area contributed by atoms with Crippen LogP contribution in [0.3, 0.4) is 0 Å². The molecule has 1 aliphatic rings. The van der Waals surface area contributed by atoms with Crippen molar-refractivity contribution in [2.24, 2.45) is 0 Å². The summed E-state index contributed by atoms with van der Waals surface area (Å²) in [5.74, 6) is 0. The van der Waals surface area contributed by atoms with Gasteiger partial charge in [-0.3, -0.25) is 4.98 Å². The first kappa shape index (κ1) is 10.4. The van der Waals surface area contributed by atoms with Crippen molar-refractivity contribution in [2.75, 3.05) is 5.73 Å². The molecule has 0 unspecified atom stereocenters. The number of halogens is 2. The Kier molecular flexibility index (Phi) is 2.33. The van der Waals surface area contributed by atoms with E-state index in [0.717, 1.165) is 46.0 Å². The van der Waals surface area contributed by atoms with Crippen LogP contribution in [0.4, 0.5) is 5.69 Å². The van der Waals surface area contributed by atoms with Crippen LogP contribution >= 0.6 is 27.5 Å². The van der Waals surface area contributed by atoms with Gasteiger partial charge in [-0.2, -0.15) is 0 Å². The summed E-state index contributed by atoms with van der Waals surface area (Å²) in [5, 5.41) is 1.62. The van der Waals surface area contributed by atoms with Crippen LogP contribution in [0.2, 0.25) is 5.02 Å². The molecule has 0 saturated heterocycles. The average molecular weight is 298 g/mol. The summed E-state index contributed by atoms with van der Waals surface area (Å²) < 4.78 is 0.964. The van der Waals surface area contributed by atoms with Gasteiger partial charge in [0.05, 0.1) is 10.5 Å². The van der Waals surface area contributed by atoms with Crippen molar-refractivity contribution in [3.05, 3.63) is 32.9 Å². The molecule has 0 fully saturated rings. The zero-order chi connectivity index (χ0) is 11.3. The lowest BCUT2D eigenvalue weighted by atomic mass is 10.1. The average Bonchev–Trinajstić information content (AvgIpc) is 2.72. The van der Waals surface area contributed by atoms with Gasteiger partial charge >= 0.3 is 0 Å².